The zero-order valence-corrected chi connectivity index (χ0v) is 16.7. The summed E-state index contributed by atoms with van der Waals surface area (Å²) in [6.45, 7) is 2.35. The van der Waals surface area contributed by atoms with Gasteiger partial charge in [0.1, 0.15) is 5.75 Å². The van der Waals surface area contributed by atoms with Gasteiger partial charge < -0.3 is 10.1 Å². The minimum Gasteiger partial charge on any atom is -0.481 e. The molecule has 150 valence electrons. The molecular weight excluding hydrogens is 376 g/mol. The first-order valence-electron chi connectivity index (χ1n) is 9.88. The highest BCUT2D eigenvalue weighted by Gasteiger charge is 2.18. The first-order chi connectivity index (χ1) is 14.7. The summed E-state index contributed by atoms with van der Waals surface area (Å²) in [6.07, 6.45) is 5.20. The molecule has 6 nitrogen and oxygen atoms in total. The van der Waals surface area contributed by atoms with E-state index < -0.39 is 6.10 Å². The van der Waals surface area contributed by atoms with Gasteiger partial charge in [-0.05, 0) is 54.4 Å². The minimum absolute atomic E-state index is 0.147. The fraction of sp³-hybridized carbons (Fsp3) is 0.167. The predicted molar refractivity (Wildman–Crippen MR) is 116 cm³/mol. The number of para-hydroxylation sites is 2. The van der Waals surface area contributed by atoms with E-state index in [0.29, 0.717) is 18.7 Å². The monoisotopic (exact) mass is 398 g/mol. The number of amides is 1. The van der Waals surface area contributed by atoms with Gasteiger partial charge in [-0.1, -0.05) is 25.1 Å². The number of carbonyl (C=O) groups is 1. The molecule has 0 unspecified atom stereocenters. The van der Waals surface area contributed by atoms with Crippen LogP contribution < -0.4 is 10.1 Å². The second-order valence-corrected chi connectivity index (χ2v) is 6.86. The second-order valence-electron chi connectivity index (χ2n) is 6.86. The molecule has 2 aromatic carbocycles. The van der Waals surface area contributed by atoms with Crippen molar-refractivity contribution in [1.82, 2.24) is 20.3 Å². The number of benzene rings is 2. The second kappa shape index (κ2) is 9.13. The Bertz CT molecular complexity index is 1130. The summed E-state index contributed by atoms with van der Waals surface area (Å²) in [4.78, 5) is 25.7. The lowest BCUT2D eigenvalue weighted by Crippen LogP contribution is -2.37. The topological polar surface area (TPSA) is 77.0 Å². The number of pyridine rings is 1. The first-order valence-corrected chi connectivity index (χ1v) is 9.88. The van der Waals surface area contributed by atoms with Crippen LogP contribution in [0.3, 0.4) is 0 Å². The zero-order valence-electron chi connectivity index (χ0n) is 16.7. The van der Waals surface area contributed by atoms with Gasteiger partial charge in [0, 0.05) is 24.5 Å². The van der Waals surface area contributed by atoms with Crippen LogP contribution in [0.5, 0.6) is 5.75 Å². The SMILES string of the molecule is CC[C@H](Oc1ccc(-c2cnc3ccccc3n2)cc1)C(=O)NCc1cccnc1. The van der Waals surface area contributed by atoms with E-state index in [1.54, 1.807) is 18.6 Å². The number of ether oxygens (including phenoxy) is 1. The first kappa shape index (κ1) is 19.5. The smallest absolute Gasteiger partial charge is 0.261 e. The maximum atomic E-state index is 12.5. The normalized spacial score (nSPS) is 11.8. The van der Waals surface area contributed by atoms with Crippen LogP contribution in [0.4, 0.5) is 0 Å². The number of hydrogen-bond acceptors (Lipinski definition) is 5. The Hall–Kier alpha value is -3.80. The number of rotatable bonds is 7. The molecule has 0 radical (unpaired) electrons. The maximum absolute atomic E-state index is 12.5. The summed E-state index contributed by atoms with van der Waals surface area (Å²) in [5.41, 5.74) is 4.40. The Morgan fingerprint density at radius 2 is 1.80 bits per heavy atom. The van der Waals surface area contributed by atoms with Crippen LogP contribution in [0.25, 0.3) is 22.3 Å². The maximum Gasteiger partial charge on any atom is 0.261 e. The average molecular weight is 398 g/mol. The minimum atomic E-state index is -0.562. The Kier molecular flexibility index (Phi) is 5.94. The van der Waals surface area contributed by atoms with Crippen LogP contribution in [0.2, 0.25) is 0 Å². The average Bonchev–Trinajstić information content (AvgIpc) is 2.81. The van der Waals surface area contributed by atoms with Gasteiger partial charge in [0.2, 0.25) is 0 Å². The third-order valence-electron chi connectivity index (χ3n) is 4.73. The van der Waals surface area contributed by atoms with Gasteiger partial charge >= 0.3 is 0 Å². The molecule has 30 heavy (non-hydrogen) atoms. The summed E-state index contributed by atoms with van der Waals surface area (Å²) in [7, 11) is 0. The molecule has 0 bridgehead atoms. The van der Waals surface area contributed by atoms with Crippen molar-refractivity contribution in [3.8, 4) is 17.0 Å². The number of carbonyl (C=O) groups excluding carboxylic acids is 1. The zero-order chi connectivity index (χ0) is 20.8. The Balaban J connectivity index is 1.41. The number of fused-ring (bicyclic) bond motifs is 1. The van der Waals surface area contributed by atoms with Crippen molar-refractivity contribution in [2.45, 2.75) is 26.0 Å². The number of hydrogen-bond donors (Lipinski definition) is 1. The summed E-state index contributed by atoms with van der Waals surface area (Å²) >= 11 is 0. The van der Waals surface area contributed by atoms with Crippen molar-refractivity contribution >= 4 is 16.9 Å². The van der Waals surface area contributed by atoms with E-state index in [0.717, 1.165) is 27.9 Å². The summed E-state index contributed by atoms with van der Waals surface area (Å²) in [5.74, 6) is 0.488. The summed E-state index contributed by atoms with van der Waals surface area (Å²) in [6, 6.07) is 19.1. The highest BCUT2D eigenvalue weighted by molar-refractivity contribution is 5.81. The fourth-order valence-corrected chi connectivity index (χ4v) is 3.09. The van der Waals surface area contributed by atoms with Crippen LogP contribution in [-0.4, -0.2) is 27.0 Å². The van der Waals surface area contributed by atoms with E-state index in [4.69, 9.17) is 4.74 Å². The molecule has 6 heteroatoms. The predicted octanol–water partition coefficient (Wildman–Crippen LogP) is 4.17. The van der Waals surface area contributed by atoms with Gasteiger partial charge in [-0.2, -0.15) is 0 Å². The van der Waals surface area contributed by atoms with Gasteiger partial charge in [-0.3, -0.25) is 14.8 Å². The summed E-state index contributed by atoms with van der Waals surface area (Å²) in [5, 5.41) is 2.90. The number of aromatic nitrogens is 3. The lowest BCUT2D eigenvalue weighted by molar-refractivity contribution is -0.128. The molecule has 0 aliphatic carbocycles. The van der Waals surface area contributed by atoms with Gasteiger partial charge in [0.15, 0.2) is 6.10 Å². The van der Waals surface area contributed by atoms with E-state index in [-0.39, 0.29) is 5.91 Å². The number of nitrogens with one attached hydrogen (secondary N) is 1. The van der Waals surface area contributed by atoms with Crippen molar-refractivity contribution < 1.29 is 9.53 Å². The van der Waals surface area contributed by atoms with Crippen molar-refractivity contribution in [1.29, 1.82) is 0 Å². The molecule has 0 saturated heterocycles. The molecule has 4 rings (SSSR count). The van der Waals surface area contributed by atoms with Crippen LogP contribution >= 0.6 is 0 Å². The van der Waals surface area contributed by atoms with Crippen LogP contribution in [-0.2, 0) is 11.3 Å². The molecule has 0 spiro atoms. The molecule has 4 aromatic rings. The van der Waals surface area contributed by atoms with Gasteiger partial charge in [-0.25, -0.2) is 4.98 Å². The standard InChI is InChI=1S/C24H22N4O2/c1-2-23(24(29)27-15-17-6-5-13-25-14-17)30-19-11-9-18(10-12-19)22-16-26-20-7-3-4-8-21(20)28-22/h3-14,16,23H,2,15H2,1H3,(H,27,29)/t23-/m0/s1. The lowest BCUT2D eigenvalue weighted by atomic mass is 10.1. The molecule has 2 aromatic heterocycles. The molecule has 0 fully saturated rings. The van der Waals surface area contributed by atoms with E-state index in [1.807, 2.05) is 67.6 Å². The highest BCUT2D eigenvalue weighted by atomic mass is 16.5. The van der Waals surface area contributed by atoms with E-state index in [9.17, 15) is 4.79 Å². The van der Waals surface area contributed by atoms with Crippen LogP contribution in [0.15, 0.2) is 79.3 Å². The third-order valence-corrected chi connectivity index (χ3v) is 4.73. The van der Waals surface area contributed by atoms with Crippen LogP contribution in [0, 0.1) is 0 Å². The van der Waals surface area contributed by atoms with Crippen LogP contribution in [0.1, 0.15) is 18.9 Å². The van der Waals surface area contributed by atoms with E-state index >= 15 is 0 Å². The van der Waals surface area contributed by atoms with E-state index in [2.05, 4.69) is 20.3 Å². The van der Waals surface area contributed by atoms with Crippen molar-refractivity contribution in [2.75, 3.05) is 0 Å². The van der Waals surface area contributed by atoms with Crippen molar-refractivity contribution in [2.24, 2.45) is 0 Å². The van der Waals surface area contributed by atoms with Crippen molar-refractivity contribution in [3.63, 3.8) is 0 Å². The molecule has 0 saturated carbocycles. The summed E-state index contributed by atoms with van der Waals surface area (Å²) < 4.78 is 5.91. The molecule has 1 amide bonds. The molecule has 1 atom stereocenters. The fourth-order valence-electron chi connectivity index (χ4n) is 3.09. The highest BCUT2D eigenvalue weighted by Crippen LogP contribution is 2.23. The quantitative estimate of drug-likeness (QED) is 0.506. The van der Waals surface area contributed by atoms with Gasteiger partial charge in [0.05, 0.1) is 22.9 Å². The molecular formula is C24H22N4O2. The largest absolute Gasteiger partial charge is 0.481 e. The van der Waals surface area contributed by atoms with E-state index in [1.165, 1.54) is 0 Å². The number of nitrogens with zero attached hydrogens (tertiary/aromatic N) is 3. The third kappa shape index (κ3) is 4.60. The van der Waals surface area contributed by atoms with Gasteiger partial charge in [0.25, 0.3) is 5.91 Å². The lowest BCUT2D eigenvalue weighted by Gasteiger charge is -2.17. The molecule has 0 aliphatic rings. The Morgan fingerprint density at radius 1 is 1.00 bits per heavy atom. The Labute approximate surface area is 175 Å². The molecule has 2 heterocycles. The van der Waals surface area contributed by atoms with Gasteiger partial charge in [-0.15, -0.1) is 0 Å². The van der Waals surface area contributed by atoms with Crippen molar-refractivity contribution in [3.05, 3.63) is 84.8 Å². The molecule has 0 aliphatic heterocycles. The molecule has 1 N–H and O–H groups in total. The Morgan fingerprint density at radius 3 is 2.53 bits per heavy atom.